The Morgan fingerprint density at radius 3 is 2.65 bits per heavy atom. The Balaban J connectivity index is 1.36. The van der Waals surface area contributed by atoms with Crippen molar-refractivity contribution in [3.05, 3.63) is 48.2 Å². The minimum absolute atomic E-state index is 0.183. The van der Waals surface area contributed by atoms with E-state index in [0.29, 0.717) is 17.3 Å². The van der Waals surface area contributed by atoms with Crippen LogP contribution in [0.3, 0.4) is 0 Å². The lowest BCUT2D eigenvalue weighted by molar-refractivity contribution is -0.0248. The van der Waals surface area contributed by atoms with E-state index in [1.807, 2.05) is 24.3 Å². The van der Waals surface area contributed by atoms with Crippen LogP contribution < -0.4 is 15.4 Å². The van der Waals surface area contributed by atoms with Gasteiger partial charge in [0.25, 0.3) is 5.91 Å². The lowest BCUT2D eigenvalue weighted by Gasteiger charge is -2.26. The molecule has 2 fully saturated rings. The second-order valence-electron chi connectivity index (χ2n) is 6.92. The third-order valence-corrected chi connectivity index (χ3v) is 4.61. The minimum atomic E-state index is -0.183. The highest BCUT2D eigenvalue weighted by Gasteiger charge is 2.22. The van der Waals surface area contributed by atoms with Crippen LogP contribution >= 0.6 is 0 Å². The van der Waals surface area contributed by atoms with Gasteiger partial charge in [0.2, 0.25) is 0 Å². The molecule has 0 unspecified atom stereocenters. The number of carbonyl (C=O) groups is 1. The number of hydrogen-bond acceptors (Lipinski definition) is 5. The summed E-state index contributed by atoms with van der Waals surface area (Å²) in [5, 5.41) is 6.17. The standard InChI is InChI=1S/C20H23N3O3/c24-20(18-2-1-9-21-19(18)22-10-15-11-25-12-15)23-16-5-7-17(8-6-16)26-13-14-3-4-14/h1-2,5-9,14-15H,3-4,10-13H2,(H,21,22)(H,23,24). The number of aromatic nitrogens is 1. The van der Waals surface area contributed by atoms with E-state index in [9.17, 15) is 4.79 Å². The molecule has 1 aromatic carbocycles. The van der Waals surface area contributed by atoms with Gasteiger partial charge in [0.15, 0.2) is 0 Å². The molecule has 1 saturated carbocycles. The zero-order valence-corrected chi connectivity index (χ0v) is 14.6. The van der Waals surface area contributed by atoms with Gasteiger partial charge in [-0.1, -0.05) is 0 Å². The molecular weight excluding hydrogens is 330 g/mol. The Kier molecular flexibility index (Phi) is 5.02. The smallest absolute Gasteiger partial charge is 0.259 e. The van der Waals surface area contributed by atoms with E-state index in [4.69, 9.17) is 9.47 Å². The fourth-order valence-electron chi connectivity index (χ4n) is 2.70. The Bertz CT molecular complexity index is 755. The number of benzene rings is 1. The summed E-state index contributed by atoms with van der Waals surface area (Å²) in [4.78, 5) is 16.9. The summed E-state index contributed by atoms with van der Waals surface area (Å²) in [6, 6.07) is 11.0. The average Bonchev–Trinajstić information content (AvgIpc) is 3.45. The number of amides is 1. The molecule has 0 atom stereocenters. The summed E-state index contributed by atoms with van der Waals surface area (Å²) in [5.74, 6) is 2.45. The van der Waals surface area contributed by atoms with Gasteiger partial charge in [0.05, 0.1) is 25.4 Å². The third kappa shape index (κ3) is 4.32. The van der Waals surface area contributed by atoms with Crippen molar-refractivity contribution in [3.63, 3.8) is 0 Å². The van der Waals surface area contributed by atoms with Gasteiger partial charge >= 0.3 is 0 Å². The number of pyridine rings is 1. The molecule has 4 rings (SSSR count). The van der Waals surface area contributed by atoms with Crippen molar-refractivity contribution in [1.82, 2.24) is 4.98 Å². The summed E-state index contributed by atoms with van der Waals surface area (Å²) in [5.41, 5.74) is 1.26. The second kappa shape index (κ2) is 7.74. The number of hydrogen-bond donors (Lipinski definition) is 2. The summed E-state index contributed by atoms with van der Waals surface area (Å²) in [7, 11) is 0. The zero-order chi connectivity index (χ0) is 17.8. The normalized spacial score (nSPS) is 16.6. The molecule has 1 amide bonds. The van der Waals surface area contributed by atoms with Crippen LogP contribution in [0, 0.1) is 11.8 Å². The minimum Gasteiger partial charge on any atom is -0.493 e. The Labute approximate surface area is 152 Å². The first kappa shape index (κ1) is 16.8. The predicted molar refractivity (Wildman–Crippen MR) is 99.6 cm³/mol. The third-order valence-electron chi connectivity index (χ3n) is 4.61. The molecule has 1 aliphatic carbocycles. The average molecular weight is 353 g/mol. The van der Waals surface area contributed by atoms with Gasteiger partial charge in [-0.15, -0.1) is 0 Å². The molecule has 2 heterocycles. The quantitative estimate of drug-likeness (QED) is 0.763. The van der Waals surface area contributed by atoms with Crippen molar-refractivity contribution in [1.29, 1.82) is 0 Å². The Hall–Kier alpha value is -2.60. The van der Waals surface area contributed by atoms with Crippen molar-refractivity contribution < 1.29 is 14.3 Å². The SMILES string of the molecule is O=C(Nc1ccc(OCC2CC2)cc1)c1cccnc1NCC1COC1. The van der Waals surface area contributed by atoms with Crippen molar-refractivity contribution >= 4 is 17.4 Å². The van der Waals surface area contributed by atoms with Gasteiger partial charge in [-0.3, -0.25) is 4.79 Å². The van der Waals surface area contributed by atoms with Crippen molar-refractivity contribution in [2.45, 2.75) is 12.8 Å². The zero-order valence-electron chi connectivity index (χ0n) is 14.6. The van der Waals surface area contributed by atoms with E-state index in [1.54, 1.807) is 18.3 Å². The van der Waals surface area contributed by atoms with Gasteiger partial charge < -0.3 is 20.1 Å². The van der Waals surface area contributed by atoms with Crippen LogP contribution in [0.15, 0.2) is 42.6 Å². The summed E-state index contributed by atoms with van der Waals surface area (Å²) in [6.45, 7) is 3.06. The van der Waals surface area contributed by atoms with E-state index in [2.05, 4.69) is 15.6 Å². The number of carbonyl (C=O) groups excluding carboxylic acids is 1. The molecule has 0 radical (unpaired) electrons. The number of ether oxygens (including phenoxy) is 2. The summed E-state index contributed by atoms with van der Waals surface area (Å²) >= 11 is 0. The molecule has 136 valence electrons. The molecular formula is C20H23N3O3. The number of rotatable bonds is 8. The maximum Gasteiger partial charge on any atom is 0.259 e. The van der Waals surface area contributed by atoms with Crippen LogP contribution in [-0.4, -0.2) is 37.3 Å². The van der Waals surface area contributed by atoms with Gasteiger partial charge in [-0.05, 0) is 55.2 Å². The van der Waals surface area contributed by atoms with Crippen molar-refractivity contribution in [3.8, 4) is 5.75 Å². The Morgan fingerprint density at radius 2 is 1.96 bits per heavy atom. The monoisotopic (exact) mass is 353 g/mol. The fraction of sp³-hybridized carbons (Fsp3) is 0.400. The van der Waals surface area contributed by atoms with Crippen LogP contribution in [0.1, 0.15) is 23.2 Å². The second-order valence-corrected chi connectivity index (χ2v) is 6.92. The van der Waals surface area contributed by atoms with Gasteiger partial charge in [0.1, 0.15) is 11.6 Å². The molecule has 1 saturated heterocycles. The van der Waals surface area contributed by atoms with Crippen molar-refractivity contribution in [2.24, 2.45) is 11.8 Å². The lowest BCUT2D eigenvalue weighted by atomic mass is 10.1. The van der Waals surface area contributed by atoms with Crippen molar-refractivity contribution in [2.75, 3.05) is 37.0 Å². The molecule has 0 bridgehead atoms. The molecule has 6 nitrogen and oxygen atoms in total. The number of nitrogens with one attached hydrogen (secondary N) is 2. The van der Waals surface area contributed by atoms with E-state index < -0.39 is 0 Å². The van der Waals surface area contributed by atoms with Crippen LogP contribution in [0.5, 0.6) is 5.75 Å². The molecule has 2 aromatic rings. The van der Waals surface area contributed by atoms with Crippen LogP contribution in [0.4, 0.5) is 11.5 Å². The lowest BCUT2D eigenvalue weighted by Crippen LogP contribution is -2.34. The summed E-state index contributed by atoms with van der Waals surface area (Å²) in [6.07, 6.45) is 4.22. The maximum absolute atomic E-state index is 12.6. The molecule has 6 heteroatoms. The molecule has 0 spiro atoms. The van der Waals surface area contributed by atoms with Gasteiger partial charge in [-0.2, -0.15) is 0 Å². The predicted octanol–water partition coefficient (Wildman–Crippen LogP) is 3.18. The van der Waals surface area contributed by atoms with Crippen LogP contribution in [0.25, 0.3) is 0 Å². The molecule has 2 N–H and O–H groups in total. The van der Waals surface area contributed by atoms with E-state index in [-0.39, 0.29) is 5.91 Å². The topological polar surface area (TPSA) is 72.5 Å². The van der Waals surface area contributed by atoms with Gasteiger partial charge in [-0.25, -0.2) is 4.98 Å². The number of nitrogens with zero attached hydrogens (tertiary/aromatic N) is 1. The Morgan fingerprint density at radius 1 is 1.15 bits per heavy atom. The van der Waals surface area contributed by atoms with E-state index in [0.717, 1.165) is 43.7 Å². The van der Waals surface area contributed by atoms with E-state index in [1.165, 1.54) is 12.8 Å². The number of anilines is 2. The van der Waals surface area contributed by atoms with Gasteiger partial charge in [0, 0.05) is 24.3 Å². The molecule has 1 aliphatic heterocycles. The highest BCUT2D eigenvalue weighted by molar-refractivity contribution is 6.07. The fourth-order valence-corrected chi connectivity index (χ4v) is 2.70. The molecule has 2 aliphatic rings. The molecule has 1 aromatic heterocycles. The van der Waals surface area contributed by atoms with Crippen LogP contribution in [-0.2, 0) is 4.74 Å². The summed E-state index contributed by atoms with van der Waals surface area (Å²) < 4.78 is 10.9. The first-order valence-corrected chi connectivity index (χ1v) is 9.09. The first-order chi connectivity index (χ1) is 12.8. The maximum atomic E-state index is 12.6. The first-order valence-electron chi connectivity index (χ1n) is 9.09. The van der Waals surface area contributed by atoms with E-state index >= 15 is 0 Å². The highest BCUT2D eigenvalue weighted by atomic mass is 16.5. The van der Waals surface area contributed by atoms with Crippen LogP contribution in [0.2, 0.25) is 0 Å². The largest absolute Gasteiger partial charge is 0.493 e. The highest BCUT2D eigenvalue weighted by Crippen LogP contribution is 2.29. The molecule has 26 heavy (non-hydrogen) atoms.